The first-order valence-corrected chi connectivity index (χ1v) is 11.8. The minimum Gasteiger partial charge on any atom is -0.312 e. The number of carbonyl (C=O) groups excluding carboxylic acids is 2. The number of aromatic nitrogens is 2. The van der Waals surface area contributed by atoms with Gasteiger partial charge in [-0.15, -0.1) is 0 Å². The van der Waals surface area contributed by atoms with Crippen molar-refractivity contribution < 1.29 is 9.59 Å². The highest BCUT2D eigenvalue weighted by atomic mass is 16.2. The van der Waals surface area contributed by atoms with E-state index in [2.05, 4.69) is 42.0 Å². The van der Waals surface area contributed by atoms with E-state index in [0.29, 0.717) is 24.3 Å². The fourth-order valence-electron chi connectivity index (χ4n) is 5.11. The van der Waals surface area contributed by atoms with E-state index in [0.717, 1.165) is 29.7 Å². The molecule has 35 heavy (non-hydrogen) atoms. The molecule has 0 bridgehead atoms. The number of rotatable bonds is 5. The zero-order valence-corrected chi connectivity index (χ0v) is 19.9. The van der Waals surface area contributed by atoms with Gasteiger partial charge < -0.3 is 9.80 Å². The molecule has 176 valence electrons. The maximum Gasteiger partial charge on any atom is 0.232 e. The Balaban J connectivity index is 1.33. The summed E-state index contributed by atoms with van der Waals surface area (Å²) in [7, 11) is 0. The third-order valence-corrected chi connectivity index (χ3v) is 6.98. The summed E-state index contributed by atoms with van der Waals surface area (Å²) in [5, 5.41) is 9.19. The molecule has 1 aromatic heterocycles. The van der Waals surface area contributed by atoms with Gasteiger partial charge in [0.15, 0.2) is 0 Å². The lowest BCUT2D eigenvalue weighted by molar-refractivity contribution is -0.124. The van der Waals surface area contributed by atoms with E-state index in [1.807, 2.05) is 29.4 Å². The molecule has 0 aliphatic carbocycles. The number of fused-ring (bicyclic) bond motifs is 1. The minimum absolute atomic E-state index is 0.0155. The van der Waals surface area contributed by atoms with Crippen LogP contribution in [0.1, 0.15) is 42.5 Å². The molecule has 0 saturated carbocycles. The topological polar surface area (TPSA) is 90.2 Å². The summed E-state index contributed by atoms with van der Waals surface area (Å²) in [4.78, 5) is 38.1. The van der Waals surface area contributed by atoms with E-state index >= 15 is 0 Å². The van der Waals surface area contributed by atoms with Gasteiger partial charge in [0.25, 0.3) is 0 Å². The highest BCUT2D eigenvalue weighted by molar-refractivity contribution is 6.05. The van der Waals surface area contributed by atoms with Gasteiger partial charge in [-0.3, -0.25) is 9.59 Å². The van der Waals surface area contributed by atoms with Crippen LogP contribution in [0, 0.1) is 17.2 Å². The SMILES string of the molecule is CC1(C)CN(C(=O)[C@H]2CC(=O)N(c3cccc(C#N)c3)C2)c2ccc(CCc3cncnc3)cc21. The van der Waals surface area contributed by atoms with E-state index in [9.17, 15) is 14.9 Å². The molecule has 0 spiro atoms. The summed E-state index contributed by atoms with van der Waals surface area (Å²) in [6.07, 6.45) is 7.13. The molecule has 0 unspecified atom stereocenters. The number of hydrogen-bond donors (Lipinski definition) is 0. The predicted molar refractivity (Wildman–Crippen MR) is 133 cm³/mol. The van der Waals surface area contributed by atoms with Crippen molar-refractivity contribution in [2.75, 3.05) is 22.9 Å². The van der Waals surface area contributed by atoms with Gasteiger partial charge in [-0.25, -0.2) is 9.97 Å². The van der Waals surface area contributed by atoms with Gasteiger partial charge in [0.1, 0.15) is 6.33 Å². The van der Waals surface area contributed by atoms with Gasteiger partial charge in [-0.2, -0.15) is 5.26 Å². The van der Waals surface area contributed by atoms with Gasteiger partial charge in [0.2, 0.25) is 11.8 Å². The third kappa shape index (κ3) is 4.40. The van der Waals surface area contributed by atoms with Crippen molar-refractivity contribution in [2.24, 2.45) is 5.92 Å². The summed E-state index contributed by atoms with van der Waals surface area (Å²) in [5.74, 6) is -0.511. The lowest BCUT2D eigenvalue weighted by Crippen LogP contribution is -2.39. The van der Waals surface area contributed by atoms with Crippen molar-refractivity contribution in [3.8, 4) is 6.07 Å². The van der Waals surface area contributed by atoms with E-state index in [1.165, 1.54) is 11.9 Å². The normalized spacial score (nSPS) is 18.4. The van der Waals surface area contributed by atoms with E-state index in [1.54, 1.807) is 23.1 Å². The molecular formula is C28H27N5O2. The Kier molecular flexibility index (Phi) is 5.81. The first kappa shape index (κ1) is 22.7. The van der Waals surface area contributed by atoms with Gasteiger partial charge in [-0.1, -0.05) is 32.0 Å². The molecule has 1 fully saturated rings. The van der Waals surface area contributed by atoms with Gasteiger partial charge in [0, 0.05) is 48.7 Å². The maximum atomic E-state index is 13.6. The number of anilines is 2. The molecule has 0 N–H and O–H groups in total. The first-order chi connectivity index (χ1) is 16.9. The van der Waals surface area contributed by atoms with E-state index < -0.39 is 5.92 Å². The molecule has 2 aliphatic rings. The molecule has 0 radical (unpaired) electrons. The minimum atomic E-state index is -0.409. The van der Waals surface area contributed by atoms with E-state index in [4.69, 9.17) is 0 Å². The van der Waals surface area contributed by atoms with E-state index in [-0.39, 0.29) is 23.7 Å². The fourth-order valence-corrected chi connectivity index (χ4v) is 5.11. The molecule has 1 atom stereocenters. The number of aryl methyl sites for hydroxylation is 2. The van der Waals surface area contributed by atoms with Crippen molar-refractivity contribution in [3.05, 3.63) is 83.4 Å². The van der Waals surface area contributed by atoms with Crippen molar-refractivity contribution in [3.63, 3.8) is 0 Å². The molecular weight excluding hydrogens is 438 g/mol. The number of benzene rings is 2. The average molecular weight is 466 g/mol. The largest absolute Gasteiger partial charge is 0.312 e. The third-order valence-electron chi connectivity index (χ3n) is 6.98. The number of carbonyl (C=O) groups is 2. The lowest BCUT2D eigenvalue weighted by atomic mass is 9.85. The Morgan fingerprint density at radius 2 is 1.89 bits per heavy atom. The van der Waals surface area contributed by atoms with Gasteiger partial charge >= 0.3 is 0 Å². The highest BCUT2D eigenvalue weighted by Gasteiger charge is 2.43. The molecule has 7 heteroatoms. The smallest absolute Gasteiger partial charge is 0.232 e. The molecule has 3 aromatic rings. The average Bonchev–Trinajstić information content (AvgIpc) is 3.39. The van der Waals surface area contributed by atoms with Crippen LogP contribution < -0.4 is 9.80 Å². The Morgan fingerprint density at radius 3 is 2.66 bits per heavy atom. The Morgan fingerprint density at radius 1 is 1.11 bits per heavy atom. The van der Waals surface area contributed by atoms with Crippen LogP contribution in [0.25, 0.3) is 0 Å². The maximum absolute atomic E-state index is 13.6. The first-order valence-electron chi connectivity index (χ1n) is 11.8. The summed E-state index contributed by atoms with van der Waals surface area (Å²) in [6.45, 7) is 5.24. The standard InChI is InChI=1S/C28H27N5O2/c1-28(2)17-33(25-9-8-19(11-24(25)28)6-7-21-14-30-18-31-15-21)27(35)22-12-26(34)32(16-22)23-5-3-4-20(10-23)13-29/h3-5,8-11,14-15,18,22H,6-7,12,16-17H2,1-2H3/t22-/m0/s1. The molecule has 2 aliphatic heterocycles. The number of nitriles is 1. The van der Waals surface area contributed by atoms with Crippen LogP contribution in [0.15, 0.2) is 61.2 Å². The van der Waals surface area contributed by atoms with Crippen LogP contribution >= 0.6 is 0 Å². The number of amides is 2. The number of hydrogen-bond acceptors (Lipinski definition) is 5. The Labute approximate surface area is 205 Å². The van der Waals surface area contributed by atoms with Crippen LogP contribution in [0.5, 0.6) is 0 Å². The zero-order chi connectivity index (χ0) is 24.6. The second kappa shape index (κ2) is 8.95. The molecule has 7 nitrogen and oxygen atoms in total. The molecule has 2 aromatic carbocycles. The predicted octanol–water partition coefficient (Wildman–Crippen LogP) is 3.81. The Bertz CT molecular complexity index is 1330. The molecule has 5 rings (SSSR count). The summed E-state index contributed by atoms with van der Waals surface area (Å²) in [6, 6.07) is 15.4. The summed E-state index contributed by atoms with van der Waals surface area (Å²) < 4.78 is 0. The monoisotopic (exact) mass is 465 g/mol. The highest BCUT2D eigenvalue weighted by Crippen LogP contribution is 2.42. The van der Waals surface area contributed by atoms with Crippen molar-refractivity contribution in [1.29, 1.82) is 5.26 Å². The fraction of sp³-hybridized carbons (Fsp3) is 0.321. The lowest BCUT2D eigenvalue weighted by Gasteiger charge is -2.23. The van der Waals surface area contributed by atoms with Gasteiger partial charge in [0.05, 0.1) is 17.6 Å². The van der Waals surface area contributed by atoms with Crippen LogP contribution in [0.4, 0.5) is 11.4 Å². The molecule has 3 heterocycles. The van der Waals surface area contributed by atoms with Gasteiger partial charge in [-0.05, 0) is 53.8 Å². The molecule has 2 amide bonds. The van der Waals surface area contributed by atoms with Crippen LogP contribution in [-0.4, -0.2) is 34.9 Å². The summed E-state index contributed by atoms with van der Waals surface area (Å²) in [5.41, 5.74) is 5.39. The Hall–Kier alpha value is -4.05. The number of nitrogens with zero attached hydrogens (tertiary/aromatic N) is 5. The summed E-state index contributed by atoms with van der Waals surface area (Å²) >= 11 is 0. The van der Waals surface area contributed by atoms with Crippen molar-refractivity contribution in [2.45, 2.75) is 38.5 Å². The second-order valence-corrected chi connectivity index (χ2v) is 9.97. The molecule has 1 saturated heterocycles. The van der Waals surface area contributed by atoms with Crippen LogP contribution in [-0.2, 0) is 27.8 Å². The van der Waals surface area contributed by atoms with Crippen molar-refractivity contribution >= 4 is 23.2 Å². The van der Waals surface area contributed by atoms with Crippen LogP contribution in [0.3, 0.4) is 0 Å². The zero-order valence-electron chi connectivity index (χ0n) is 19.9. The van der Waals surface area contributed by atoms with Crippen molar-refractivity contribution in [1.82, 2.24) is 9.97 Å². The second-order valence-electron chi connectivity index (χ2n) is 9.97. The quantitative estimate of drug-likeness (QED) is 0.572. The van der Waals surface area contributed by atoms with Crippen LogP contribution in [0.2, 0.25) is 0 Å².